The second kappa shape index (κ2) is 4.73. The van der Waals surface area contributed by atoms with Crippen molar-refractivity contribution in [1.29, 1.82) is 0 Å². The van der Waals surface area contributed by atoms with Crippen molar-refractivity contribution in [3.63, 3.8) is 0 Å². The quantitative estimate of drug-likeness (QED) is 0.898. The molecule has 0 aromatic heterocycles. The molecule has 5 nitrogen and oxygen atoms in total. The van der Waals surface area contributed by atoms with Gasteiger partial charge < -0.3 is 15.4 Å². The van der Waals surface area contributed by atoms with E-state index in [9.17, 15) is 9.59 Å². The number of fused-ring (bicyclic) bond motifs is 2. The van der Waals surface area contributed by atoms with E-state index in [1.165, 1.54) is 0 Å². The van der Waals surface area contributed by atoms with Crippen LogP contribution in [0.5, 0.6) is 5.75 Å². The Morgan fingerprint density at radius 1 is 1.32 bits per heavy atom. The first kappa shape index (κ1) is 13.6. The lowest BCUT2D eigenvalue weighted by Crippen LogP contribution is -2.41. The number of rotatable bonds is 5. The van der Waals surface area contributed by atoms with Crippen molar-refractivity contribution in [3.8, 4) is 5.75 Å². The first-order chi connectivity index (χ1) is 10.6. The van der Waals surface area contributed by atoms with Crippen LogP contribution in [0.15, 0.2) is 24.3 Å². The van der Waals surface area contributed by atoms with E-state index in [2.05, 4.69) is 0 Å². The zero-order valence-electron chi connectivity index (χ0n) is 12.5. The molecule has 1 heterocycles. The third-order valence-corrected chi connectivity index (χ3v) is 5.27. The molecule has 0 radical (unpaired) electrons. The molecular weight excluding hydrogens is 280 g/mol. The van der Waals surface area contributed by atoms with Crippen LogP contribution in [0.1, 0.15) is 37.3 Å². The normalized spacial score (nSPS) is 30.5. The van der Waals surface area contributed by atoms with Crippen LogP contribution in [0.25, 0.3) is 0 Å². The lowest BCUT2D eigenvalue weighted by molar-refractivity contribution is -0.138. The highest BCUT2D eigenvalue weighted by Gasteiger charge is 2.75. The van der Waals surface area contributed by atoms with Gasteiger partial charge >= 0.3 is 0 Å². The molecule has 5 heteroatoms. The second-order valence-corrected chi connectivity index (χ2v) is 6.67. The van der Waals surface area contributed by atoms with Gasteiger partial charge in [-0.05, 0) is 24.8 Å². The number of hydrogen-bond donors (Lipinski definition) is 1. The number of para-hydroxylation sites is 1. The lowest BCUT2D eigenvalue weighted by Gasteiger charge is -2.36. The van der Waals surface area contributed by atoms with Gasteiger partial charge in [-0.1, -0.05) is 18.2 Å². The Labute approximate surface area is 129 Å². The molecule has 1 unspecified atom stereocenters. The van der Waals surface area contributed by atoms with E-state index in [4.69, 9.17) is 10.5 Å². The molecule has 2 saturated carbocycles. The van der Waals surface area contributed by atoms with Gasteiger partial charge in [0.25, 0.3) is 0 Å². The molecule has 2 aliphatic carbocycles. The molecule has 0 spiro atoms. The first-order valence-corrected chi connectivity index (χ1v) is 7.93. The fourth-order valence-corrected chi connectivity index (χ4v) is 3.61. The summed E-state index contributed by atoms with van der Waals surface area (Å²) in [4.78, 5) is 26.0. The van der Waals surface area contributed by atoms with Gasteiger partial charge in [-0.25, -0.2) is 0 Å². The molecule has 1 aromatic carbocycles. The van der Waals surface area contributed by atoms with E-state index in [0.717, 1.165) is 30.6 Å². The van der Waals surface area contributed by atoms with Crippen LogP contribution in [0.2, 0.25) is 0 Å². The largest absolute Gasteiger partial charge is 0.493 e. The summed E-state index contributed by atoms with van der Waals surface area (Å²) in [5.41, 5.74) is 6.25. The van der Waals surface area contributed by atoms with Crippen molar-refractivity contribution < 1.29 is 14.3 Å². The van der Waals surface area contributed by atoms with Gasteiger partial charge in [-0.2, -0.15) is 0 Å². The van der Waals surface area contributed by atoms with Gasteiger partial charge in [0, 0.05) is 24.9 Å². The highest BCUT2D eigenvalue weighted by molar-refractivity contribution is 5.90. The molecule has 116 valence electrons. The van der Waals surface area contributed by atoms with Crippen LogP contribution in [-0.2, 0) is 9.59 Å². The molecule has 3 aliphatic rings. The maximum absolute atomic E-state index is 12.9. The summed E-state index contributed by atoms with van der Waals surface area (Å²) in [6, 6.07) is 7.85. The van der Waals surface area contributed by atoms with Crippen LogP contribution >= 0.6 is 0 Å². The highest BCUT2D eigenvalue weighted by atomic mass is 16.5. The Morgan fingerprint density at radius 2 is 2.05 bits per heavy atom. The average molecular weight is 300 g/mol. The van der Waals surface area contributed by atoms with E-state index < -0.39 is 0 Å². The van der Waals surface area contributed by atoms with E-state index >= 15 is 0 Å². The predicted molar refractivity (Wildman–Crippen MR) is 80.0 cm³/mol. The molecule has 4 rings (SSSR count). The topological polar surface area (TPSA) is 72.6 Å². The minimum atomic E-state index is -0.362. The number of benzene rings is 1. The van der Waals surface area contributed by atoms with Crippen LogP contribution in [-0.4, -0.2) is 29.9 Å². The third kappa shape index (κ3) is 2.07. The number of carbonyl (C=O) groups is 2. The maximum Gasteiger partial charge on any atom is 0.229 e. The number of nitrogens with zero attached hydrogens (tertiary/aromatic N) is 1. The average Bonchev–Trinajstić information content (AvgIpc) is 3.37. The Bertz CT molecular complexity index is 637. The number of ether oxygens (including phenoxy) is 1. The SMILES string of the molecule is NC(=O)CCN(C(=O)C12CC1C2)C1CCOc2ccccc21. The summed E-state index contributed by atoms with van der Waals surface area (Å²) in [6.07, 6.45) is 3.02. The first-order valence-electron chi connectivity index (χ1n) is 7.93. The van der Waals surface area contributed by atoms with Crippen LogP contribution in [0.3, 0.4) is 0 Å². The lowest BCUT2D eigenvalue weighted by atomic mass is 9.97. The fraction of sp³-hybridized carbons (Fsp3) is 0.529. The Balaban J connectivity index is 1.62. The van der Waals surface area contributed by atoms with Crippen molar-refractivity contribution >= 4 is 11.8 Å². The summed E-state index contributed by atoms with van der Waals surface area (Å²) < 4.78 is 5.69. The summed E-state index contributed by atoms with van der Waals surface area (Å²) >= 11 is 0. The predicted octanol–water partition coefficient (Wildman–Crippen LogP) is 1.62. The Morgan fingerprint density at radius 3 is 2.73 bits per heavy atom. The fourth-order valence-electron chi connectivity index (χ4n) is 3.61. The van der Waals surface area contributed by atoms with E-state index in [1.54, 1.807) is 0 Å². The molecular formula is C17H20N2O3. The van der Waals surface area contributed by atoms with Crippen molar-refractivity contribution in [2.24, 2.45) is 17.1 Å². The number of primary amides is 1. The second-order valence-electron chi connectivity index (χ2n) is 6.67. The molecule has 22 heavy (non-hydrogen) atoms. The molecule has 2 fully saturated rings. The summed E-state index contributed by atoms with van der Waals surface area (Å²) in [5, 5.41) is 0. The van der Waals surface area contributed by atoms with Gasteiger partial charge in [0.1, 0.15) is 5.75 Å². The molecule has 1 aromatic rings. The maximum atomic E-state index is 12.9. The molecule has 2 amide bonds. The molecule has 0 bridgehead atoms. The molecule has 1 aliphatic heterocycles. The minimum absolute atomic E-state index is 0.00646. The summed E-state index contributed by atoms with van der Waals surface area (Å²) in [5.74, 6) is 1.28. The van der Waals surface area contributed by atoms with Crippen molar-refractivity contribution in [1.82, 2.24) is 4.90 Å². The van der Waals surface area contributed by atoms with Crippen molar-refractivity contribution in [3.05, 3.63) is 29.8 Å². The summed E-state index contributed by atoms with van der Waals surface area (Å²) in [7, 11) is 0. The zero-order valence-corrected chi connectivity index (χ0v) is 12.5. The standard InChI is InChI=1S/C17H20N2O3/c18-15(20)5-7-19(16(21)17-9-11(17)10-17)13-6-8-22-14-4-2-1-3-12(13)14/h1-4,11,13H,5-10H2,(H2,18,20). The van der Waals surface area contributed by atoms with Crippen LogP contribution in [0, 0.1) is 11.3 Å². The summed E-state index contributed by atoms with van der Waals surface area (Å²) in [6.45, 7) is 1.00. The highest BCUT2D eigenvalue weighted by Crippen LogP contribution is 2.76. The minimum Gasteiger partial charge on any atom is -0.493 e. The van der Waals surface area contributed by atoms with Gasteiger partial charge in [-0.3, -0.25) is 9.59 Å². The number of amides is 2. The monoisotopic (exact) mass is 300 g/mol. The molecule has 0 saturated heterocycles. The smallest absolute Gasteiger partial charge is 0.229 e. The van der Waals surface area contributed by atoms with Crippen molar-refractivity contribution in [2.75, 3.05) is 13.2 Å². The van der Waals surface area contributed by atoms with Crippen molar-refractivity contribution in [2.45, 2.75) is 31.7 Å². The molecule has 2 N–H and O–H groups in total. The van der Waals surface area contributed by atoms with E-state index in [1.807, 2.05) is 29.2 Å². The number of hydrogen-bond acceptors (Lipinski definition) is 3. The van der Waals surface area contributed by atoms with E-state index in [0.29, 0.717) is 19.1 Å². The number of carbonyl (C=O) groups excluding carboxylic acids is 2. The van der Waals surface area contributed by atoms with Gasteiger partial charge in [0.15, 0.2) is 0 Å². The van der Waals surface area contributed by atoms with Gasteiger partial charge in [0.2, 0.25) is 11.8 Å². The zero-order chi connectivity index (χ0) is 15.3. The molecule has 1 atom stereocenters. The Kier molecular flexibility index (Phi) is 2.93. The third-order valence-electron chi connectivity index (χ3n) is 5.27. The Hall–Kier alpha value is -2.04. The van der Waals surface area contributed by atoms with Gasteiger partial charge in [0.05, 0.1) is 18.1 Å². The number of nitrogens with two attached hydrogens (primary N) is 1. The van der Waals surface area contributed by atoms with E-state index in [-0.39, 0.29) is 29.7 Å². The van der Waals surface area contributed by atoms with Gasteiger partial charge in [-0.15, -0.1) is 0 Å². The van der Waals surface area contributed by atoms with Crippen LogP contribution < -0.4 is 10.5 Å². The van der Waals surface area contributed by atoms with Crippen LogP contribution in [0.4, 0.5) is 0 Å².